The maximum Gasteiger partial charge on any atom is 0.366 e. The molecule has 1 unspecified atom stereocenters. The third kappa shape index (κ3) is 8.01. The van der Waals surface area contributed by atoms with Crippen molar-refractivity contribution in [1.82, 2.24) is 19.5 Å². The second kappa shape index (κ2) is 12.7. The minimum atomic E-state index is -4.14. The van der Waals surface area contributed by atoms with Gasteiger partial charge in [-0.15, -0.1) is 0 Å². The largest absolute Gasteiger partial charge is 0.438 e. The van der Waals surface area contributed by atoms with E-state index in [0.717, 1.165) is 0 Å². The molecule has 0 aromatic carbocycles. The van der Waals surface area contributed by atoms with E-state index < -0.39 is 39.0 Å². The Kier molecular flexibility index (Phi) is 10.4. The van der Waals surface area contributed by atoms with Gasteiger partial charge in [-0.25, -0.2) is 15.0 Å². The summed E-state index contributed by atoms with van der Waals surface area (Å²) in [5.41, 5.74) is 6.56. The van der Waals surface area contributed by atoms with Crippen molar-refractivity contribution >= 4 is 36.5 Å². The maximum absolute atomic E-state index is 13.6. The molecule has 2 aromatic heterocycles. The molecule has 2 aromatic rings. The van der Waals surface area contributed by atoms with Crippen LogP contribution < -0.4 is 5.73 Å². The minimum absolute atomic E-state index is 0.0688. The fraction of sp³-hybridized carbons (Fsp3) is 0.650. The van der Waals surface area contributed by atoms with Crippen LogP contribution in [0.3, 0.4) is 0 Å². The summed E-state index contributed by atoms with van der Waals surface area (Å²) in [7, 11) is -2.83. The molecule has 0 amide bonds. The van der Waals surface area contributed by atoms with Gasteiger partial charge in [0, 0.05) is 20.0 Å². The second-order valence-electron chi connectivity index (χ2n) is 8.28. The molecule has 2 N–H and O–H groups in total. The number of esters is 2. The van der Waals surface area contributed by atoms with Crippen LogP contribution in [0, 0.1) is 11.8 Å². The van der Waals surface area contributed by atoms with Crippen molar-refractivity contribution in [2.24, 2.45) is 11.8 Å². The second-order valence-corrected chi connectivity index (χ2v) is 10.5. The smallest absolute Gasteiger partial charge is 0.366 e. The predicted molar refractivity (Wildman–Crippen MR) is 121 cm³/mol. The van der Waals surface area contributed by atoms with E-state index in [1.807, 2.05) is 27.7 Å². The Morgan fingerprint density at radius 1 is 1.00 bits per heavy atom. The molecule has 0 radical (unpaired) electrons. The quantitative estimate of drug-likeness (QED) is 0.229. The number of hydrogen-bond donors (Lipinski definition) is 1. The highest BCUT2D eigenvalue weighted by molar-refractivity contribution is 7.54. The Morgan fingerprint density at radius 3 is 2.06 bits per heavy atom. The van der Waals surface area contributed by atoms with E-state index in [1.54, 1.807) is 0 Å². The standard InChI is InChI=1S/C20H32N5O8P/c1-13(2)6-15(26)30-11-32-34(28,33-12-31-16(27)7-14(3)4)17(29-5)8-25-10-24-18-19(21)22-9-23-20(18)25/h9-10,13-14,17H,6-8,11-12H2,1-5H3,(H2,21,22,23). The van der Waals surface area contributed by atoms with E-state index in [2.05, 4.69) is 15.0 Å². The highest BCUT2D eigenvalue weighted by Crippen LogP contribution is 2.54. The van der Waals surface area contributed by atoms with E-state index in [-0.39, 0.29) is 37.0 Å². The first-order chi connectivity index (χ1) is 16.1. The van der Waals surface area contributed by atoms with Crippen molar-refractivity contribution in [1.29, 1.82) is 0 Å². The van der Waals surface area contributed by atoms with Gasteiger partial charge >= 0.3 is 19.5 Å². The van der Waals surface area contributed by atoms with Gasteiger partial charge < -0.3 is 24.5 Å². The highest BCUT2D eigenvalue weighted by Gasteiger charge is 2.38. The summed E-state index contributed by atoms with van der Waals surface area (Å²) >= 11 is 0. The molecule has 0 saturated carbocycles. The number of anilines is 1. The first-order valence-electron chi connectivity index (χ1n) is 10.7. The Morgan fingerprint density at radius 2 is 1.56 bits per heavy atom. The number of fused-ring (bicyclic) bond motifs is 1. The van der Waals surface area contributed by atoms with Gasteiger partial charge in [0.25, 0.3) is 0 Å². The molecule has 2 heterocycles. The van der Waals surface area contributed by atoms with Crippen LogP contribution in [0.2, 0.25) is 0 Å². The molecule has 14 heteroatoms. The number of carbonyl (C=O) groups excluding carboxylic acids is 2. The van der Waals surface area contributed by atoms with Crippen LogP contribution in [0.4, 0.5) is 5.82 Å². The lowest BCUT2D eigenvalue weighted by Crippen LogP contribution is -2.24. The normalized spacial score (nSPS) is 12.9. The first kappa shape index (κ1) is 27.6. The summed E-state index contributed by atoms with van der Waals surface area (Å²) < 4.78 is 41.3. The van der Waals surface area contributed by atoms with Crippen molar-refractivity contribution < 1.29 is 37.4 Å². The topological polar surface area (TPSA) is 167 Å². The van der Waals surface area contributed by atoms with Crippen LogP contribution in [0.5, 0.6) is 0 Å². The molecular formula is C20H32N5O8P. The number of carbonyl (C=O) groups is 2. The summed E-state index contributed by atoms with van der Waals surface area (Å²) in [4.78, 5) is 35.9. The van der Waals surface area contributed by atoms with Crippen molar-refractivity contribution in [2.45, 2.75) is 52.9 Å². The third-order valence-electron chi connectivity index (χ3n) is 4.46. The molecule has 13 nitrogen and oxygen atoms in total. The van der Waals surface area contributed by atoms with Crippen molar-refractivity contribution in [3.8, 4) is 0 Å². The monoisotopic (exact) mass is 501 g/mol. The number of nitrogens with zero attached hydrogens (tertiary/aromatic N) is 4. The predicted octanol–water partition coefficient (Wildman–Crippen LogP) is 2.70. The number of hydrogen-bond acceptors (Lipinski definition) is 12. The lowest BCUT2D eigenvalue weighted by Gasteiger charge is -2.25. The lowest BCUT2D eigenvalue weighted by atomic mass is 10.1. The van der Waals surface area contributed by atoms with Crippen molar-refractivity contribution in [3.05, 3.63) is 12.7 Å². The molecule has 0 aliphatic rings. The van der Waals surface area contributed by atoms with E-state index in [9.17, 15) is 14.2 Å². The van der Waals surface area contributed by atoms with Gasteiger partial charge in [0.1, 0.15) is 11.8 Å². The zero-order valence-corrected chi connectivity index (χ0v) is 20.9. The molecule has 0 spiro atoms. The van der Waals surface area contributed by atoms with Gasteiger partial charge in [-0.1, -0.05) is 27.7 Å². The van der Waals surface area contributed by atoms with E-state index >= 15 is 0 Å². The van der Waals surface area contributed by atoms with E-state index in [4.69, 9.17) is 29.0 Å². The summed E-state index contributed by atoms with van der Waals surface area (Å²) in [6.45, 7) is 6.08. The molecule has 34 heavy (non-hydrogen) atoms. The Balaban J connectivity index is 2.16. The number of rotatable bonds is 14. The van der Waals surface area contributed by atoms with Crippen molar-refractivity contribution in [2.75, 3.05) is 26.4 Å². The fourth-order valence-corrected chi connectivity index (χ4v) is 4.26. The van der Waals surface area contributed by atoms with Gasteiger partial charge in [-0.2, -0.15) is 0 Å². The lowest BCUT2D eigenvalue weighted by molar-refractivity contribution is -0.153. The van der Waals surface area contributed by atoms with Gasteiger partial charge in [-0.3, -0.25) is 23.2 Å². The highest BCUT2D eigenvalue weighted by atomic mass is 31.2. The van der Waals surface area contributed by atoms with Crippen LogP contribution in [-0.2, 0) is 44.0 Å². The van der Waals surface area contributed by atoms with Crippen molar-refractivity contribution in [3.63, 3.8) is 0 Å². The molecule has 1 atom stereocenters. The number of imidazole rings is 1. The number of nitrogens with two attached hydrogens (primary N) is 1. The Hall–Kier alpha value is -2.60. The molecule has 0 aliphatic carbocycles. The zero-order chi connectivity index (χ0) is 25.3. The molecule has 190 valence electrons. The van der Waals surface area contributed by atoms with Crippen LogP contribution in [0.1, 0.15) is 40.5 Å². The maximum atomic E-state index is 13.6. The SMILES string of the molecule is COC(Cn1cnc2c(N)ncnc21)P(=O)(OCOC(=O)CC(C)C)OCOC(=O)CC(C)C. The summed E-state index contributed by atoms with van der Waals surface area (Å²) in [5, 5.41) is 0. The molecule has 2 rings (SSSR count). The average molecular weight is 501 g/mol. The summed E-state index contributed by atoms with van der Waals surface area (Å²) in [5.74, 6) is -1.90. The Labute approximate surface area is 197 Å². The summed E-state index contributed by atoms with van der Waals surface area (Å²) in [6.07, 6.45) is 3.03. The average Bonchev–Trinajstić information content (AvgIpc) is 3.15. The zero-order valence-electron chi connectivity index (χ0n) is 20.0. The minimum Gasteiger partial charge on any atom is -0.438 e. The van der Waals surface area contributed by atoms with Gasteiger partial charge in [-0.05, 0) is 11.8 Å². The van der Waals surface area contributed by atoms with Crippen LogP contribution in [-0.4, -0.2) is 58.0 Å². The number of methoxy groups -OCH3 is 1. The number of aromatic nitrogens is 4. The summed E-state index contributed by atoms with van der Waals surface area (Å²) in [6, 6.07) is 0. The van der Waals surface area contributed by atoms with E-state index in [1.165, 1.54) is 24.3 Å². The van der Waals surface area contributed by atoms with Crippen LogP contribution in [0.15, 0.2) is 12.7 Å². The first-order valence-corrected chi connectivity index (χ1v) is 12.3. The molecule has 0 aliphatic heterocycles. The van der Waals surface area contributed by atoms with Gasteiger partial charge in [0.15, 0.2) is 17.3 Å². The molecule has 0 fully saturated rings. The Bertz CT molecular complexity index is 980. The number of nitrogen functional groups attached to an aromatic ring is 1. The third-order valence-corrected chi connectivity index (χ3v) is 6.47. The molecular weight excluding hydrogens is 469 g/mol. The van der Waals surface area contributed by atoms with Gasteiger partial charge in [0.05, 0.1) is 12.9 Å². The fourth-order valence-electron chi connectivity index (χ4n) is 2.82. The number of ether oxygens (including phenoxy) is 3. The molecule has 0 bridgehead atoms. The van der Waals surface area contributed by atoms with E-state index in [0.29, 0.717) is 11.2 Å². The molecule has 0 saturated heterocycles. The van der Waals surface area contributed by atoms with Crippen LogP contribution in [0.25, 0.3) is 11.2 Å². The van der Waals surface area contributed by atoms with Gasteiger partial charge in [0.2, 0.25) is 13.6 Å². The van der Waals surface area contributed by atoms with Crippen LogP contribution >= 0.6 is 7.60 Å².